The van der Waals surface area contributed by atoms with E-state index in [4.69, 9.17) is 31.3 Å². The molecule has 216 valence electrons. The molecule has 5 atom stereocenters. The van der Waals surface area contributed by atoms with Gasteiger partial charge in [0.15, 0.2) is 5.69 Å². The van der Waals surface area contributed by atoms with Crippen molar-refractivity contribution >= 4 is 23.4 Å². The van der Waals surface area contributed by atoms with Crippen molar-refractivity contribution in [2.45, 2.75) is 76.7 Å². The van der Waals surface area contributed by atoms with Crippen molar-refractivity contribution < 1.29 is 24.2 Å². The van der Waals surface area contributed by atoms with E-state index in [0.29, 0.717) is 73.4 Å². The number of carbonyl (C=O) groups excluding carboxylic acids is 2. The molecule has 0 bridgehead atoms. The van der Waals surface area contributed by atoms with Crippen LogP contribution in [-0.2, 0) is 22.5 Å². The first-order chi connectivity index (χ1) is 19.4. The Labute approximate surface area is 239 Å². The number of aliphatic hydroxyl groups excluding tert-OH is 1. The van der Waals surface area contributed by atoms with Gasteiger partial charge in [0.1, 0.15) is 17.7 Å². The van der Waals surface area contributed by atoms with Gasteiger partial charge in [0.2, 0.25) is 11.8 Å². The Morgan fingerprint density at radius 1 is 1.15 bits per heavy atom. The number of carbonyl (C=O) groups is 2. The van der Waals surface area contributed by atoms with Crippen molar-refractivity contribution in [3.05, 3.63) is 40.3 Å². The lowest BCUT2D eigenvalue weighted by molar-refractivity contribution is -0.136. The van der Waals surface area contributed by atoms with E-state index in [2.05, 4.69) is 11.9 Å². The number of pyridine rings is 1. The third-order valence-electron chi connectivity index (χ3n) is 9.24. The van der Waals surface area contributed by atoms with Gasteiger partial charge in [0.05, 0.1) is 19.3 Å². The highest BCUT2D eigenvalue weighted by Gasteiger charge is 2.56. The summed E-state index contributed by atoms with van der Waals surface area (Å²) in [6.45, 7) is 6.56. The summed E-state index contributed by atoms with van der Waals surface area (Å²) in [6, 6.07) is 3.53. The van der Waals surface area contributed by atoms with E-state index in [1.165, 1.54) is 0 Å². The lowest BCUT2D eigenvalue weighted by Gasteiger charge is -2.37. The van der Waals surface area contributed by atoms with E-state index in [-0.39, 0.29) is 43.2 Å². The largest absolute Gasteiger partial charge is 0.473 e. The highest BCUT2D eigenvalue weighted by molar-refractivity contribution is 6.31. The van der Waals surface area contributed by atoms with Gasteiger partial charge in [-0.2, -0.15) is 5.10 Å². The molecular weight excluding hydrogens is 534 g/mol. The second-order valence-corrected chi connectivity index (χ2v) is 12.1. The van der Waals surface area contributed by atoms with Crippen molar-refractivity contribution in [2.75, 3.05) is 32.8 Å². The number of halogens is 1. The van der Waals surface area contributed by atoms with Gasteiger partial charge in [-0.3, -0.25) is 14.3 Å². The molecule has 0 spiro atoms. The Bertz CT molecular complexity index is 1260. The normalized spacial score (nSPS) is 27.9. The molecule has 1 saturated carbocycles. The Morgan fingerprint density at radius 3 is 2.65 bits per heavy atom. The molecule has 1 N–H and O–H groups in total. The number of hydrogen-bond acceptors (Lipinski definition) is 7. The van der Waals surface area contributed by atoms with Crippen molar-refractivity contribution in [3.8, 4) is 5.88 Å². The van der Waals surface area contributed by atoms with Gasteiger partial charge in [-0.05, 0) is 56.1 Å². The molecule has 2 aliphatic heterocycles. The topological polar surface area (TPSA) is 110 Å². The Kier molecular flexibility index (Phi) is 7.76. The zero-order valence-corrected chi connectivity index (χ0v) is 23.9. The van der Waals surface area contributed by atoms with E-state index in [1.807, 2.05) is 21.4 Å². The third kappa shape index (κ3) is 5.21. The minimum absolute atomic E-state index is 0.00113. The van der Waals surface area contributed by atoms with Crippen molar-refractivity contribution in [1.82, 2.24) is 24.6 Å². The summed E-state index contributed by atoms with van der Waals surface area (Å²) in [5.41, 5.74) is 2.66. The predicted molar refractivity (Wildman–Crippen MR) is 147 cm³/mol. The first-order valence-corrected chi connectivity index (χ1v) is 14.9. The minimum atomic E-state index is -0.0589. The number of ether oxygens (including phenoxy) is 2. The molecule has 2 aromatic heterocycles. The van der Waals surface area contributed by atoms with Crippen molar-refractivity contribution in [1.29, 1.82) is 0 Å². The molecule has 40 heavy (non-hydrogen) atoms. The van der Waals surface area contributed by atoms with Gasteiger partial charge in [0, 0.05) is 56.0 Å². The van der Waals surface area contributed by atoms with E-state index in [9.17, 15) is 9.59 Å². The molecule has 2 amide bonds. The number of amides is 2. The molecule has 3 unspecified atom stereocenters. The second kappa shape index (κ2) is 11.3. The number of aliphatic hydroxyl groups is 1. The number of piperidine rings is 2. The summed E-state index contributed by atoms with van der Waals surface area (Å²) >= 11 is 6.21. The zero-order chi connectivity index (χ0) is 28.0. The maximum Gasteiger partial charge on any atom is 0.274 e. The standard InChI is InChI=1S/C29H38ClN5O5/c1-17-14-20(40-28-22(30)4-3-8-31-28)7-11-34(17)24(37)16-35-23-15-21-18(2)25(21)26(23)27(32-35)29(38)33-9-5-19(6-10-33)39-13-12-36/h3-4,8,17-21,25,36H,5-7,9-16H2,1-2H3/t17-,18?,20-,21?,25?/m1/s1. The van der Waals surface area contributed by atoms with Crippen LogP contribution in [0.1, 0.15) is 67.2 Å². The molecule has 0 aromatic carbocycles. The molecule has 4 heterocycles. The third-order valence-corrected chi connectivity index (χ3v) is 9.52. The number of fused-ring (bicyclic) bond motifs is 3. The van der Waals surface area contributed by atoms with Gasteiger partial charge in [-0.15, -0.1) is 0 Å². The van der Waals surface area contributed by atoms with Gasteiger partial charge in [-0.25, -0.2) is 4.98 Å². The van der Waals surface area contributed by atoms with E-state index in [0.717, 1.165) is 30.5 Å². The number of nitrogens with zero attached hydrogens (tertiary/aromatic N) is 5. The summed E-state index contributed by atoms with van der Waals surface area (Å²) < 4.78 is 13.5. The smallest absolute Gasteiger partial charge is 0.274 e. The molecule has 3 fully saturated rings. The first-order valence-electron chi connectivity index (χ1n) is 14.5. The number of rotatable bonds is 8. The maximum absolute atomic E-state index is 13.7. The maximum atomic E-state index is 13.7. The van der Waals surface area contributed by atoms with Crippen LogP contribution in [-0.4, -0.2) is 92.6 Å². The summed E-state index contributed by atoms with van der Waals surface area (Å²) in [7, 11) is 0. The van der Waals surface area contributed by atoms with Crippen LogP contribution in [0.2, 0.25) is 5.02 Å². The van der Waals surface area contributed by atoms with Gasteiger partial charge in [-0.1, -0.05) is 18.5 Å². The van der Waals surface area contributed by atoms with Gasteiger partial charge in [0.25, 0.3) is 5.91 Å². The van der Waals surface area contributed by atoms with Crippen LogP contribution in [0.15, 0.2) is 18.3 Å². The summed E-state index contributed by atoms with van der Waals surface area (Å²) in [5, 5.41) is 14.3. The molecule has 10 nitrogen and oxygen atoms in total. The quantitative estimate of drug-likeness (QED) is 0.519. The molecule has 6 rings (SSSR count). The van der Waals surface area contributed by atoms with Crippen LogP contribution in [0.4, 0.5) is 0 Å². The van der Waals surface area contributed by atoms with Crippen molar-refractivity contribution in [2.24, 2.45) is 11.8 Å². The van der Waals surface area contributed by atoms with E-state index >= 15 is 0 Å². The van der Waals surface area contributed by atoms with E-state index < -0.39 is 0 Å². The fourth-order valence-electron chi connectivity index (χ4n) is 6.96. The first kappa shape index (κ1) is 27.5. The highest BCUT2D eigenvalue weighted by Crippen LogP contribution is 2.62. The summed E-state index contributed by atoms with van der Waals surface area (Å²) in [6.07, 6.45) is 5.44. The number of aromatic nitrogens is 3. The summed E-state index contributed by atoms with van der Waals surface area (Å²) in [4.78, 5) is 35.2. The Balaban J connectivity index is 1.12. The summed E-state index contributed by atoms with van der Waals surface area (Å²) in [5.74, 6) is 1.87. The molecule has 4 aliphatic rings. The fourth-order valence-corrected chi connectivity index (χ4v) is 7.13. The average Bonchev–Trinajstić information content (AvgIpc) is 3.25. The number of likely N-dealkylation sites (tertiary alicyclic amines) is 2. The lowest BCUT2D eigenvalue weighted by atomic mass is 10.0. The Morgan fingerprint density at radius 2 is 1.93 bits per heavy atom. The van der Waals surface area contributed by atoms with Gasteiger partial charge >= 0.3 is 0 Å². The zero-order valence-electron chi connectivity index (χ0n) is 23.2. The van der Waals surface area contributed by atoms with Gasteiger partial charge < -0.3 is 24.4 Å². The van der Waals surface area contributed by atoms with Crippen LogP contribution in [0.25, 0.3) is 0 Å². The average molecular weight is 572 g/mol. The van der Waals surface area contributed by atoms with Crippen LogP contribution >= 0.6 is 11.6 Å². The highest BCUT2D eigenvalue weighted by atomic mass is 35.5. The van der Waals surface area contributed by atoms with Crippen LogP contribution in [0.5, 0.6) is 5.88 Å². The number of hydrogen-bond donors (Lipinski definition) is 1. The molecule has 2 saturated heterocycles. The predicted octanol–water partition coefficient (Wildman–Crippen LogP) is 2.91. The molecule has 11 heteroatoms. The van der Waals surface area contributed by atoms with Crippen LogP contribution < -0.4 is 4.74 Å². The second-order valence-electron chi connectivity index (χ2n) is 11.7. The van der Waals surface area contributed by atoms with E-state index in [1.54, 1.807) is 18.3 Å². The van der Waals surface area contributed by atoms with Crippen molar-refractivity contribution in [3.63, 3.8) is 0 Å². The molecular formula is C29H38ClN5O5. The molecule has 2 aromatic rings. The van der Waals surface area contributed by atoms with Crippen LogP contribution in [0.3, 0.4) is 0 Å². The Hall–Kier alpha value is -2.69. The lowest BCUT2D eigenvalue weighted by Crippen LogP contribution is -2.48. The SMILES string of the molecule is CC1C2Cc3c(c(C(=O)N4CCC(OCCO)CC4)nn3CC(=O)N3CC[C@@H](Oc4ncccc4Cl)C[C@H]3C)C12. The molecule has 2 aliphatic carbocycles. The fraction of sp³-hybridized carbons (Fsp3) is 0.655. The minimum Gasteiger partial charge on any atom is -0.473 e. The molecule has 0 radical (unpaired) electrons. The van der Waals surface area contributed by atoms with Crippen LogP contribution in [0, 0.1) is 11.8 Å². The monoisotopic (exact) mass is 571 g/mol.